The molecule has 0 unspecified atom stereocenters. The summed E-state index contributed by atoms with van der Waals surface area (Å²) in [5.74, 6) is 0. The van der Waals surface area contributed by atoms with Gasteiger partial charge in [0.05, 0.1) is 0 Å². The van der Waals surface area contributed by atoms with Crippen molar-refractivity contribution in [2.45, 2.75) is 59.3 Å². The maximum Gasteiger partial charge on any atom is 0.0164 e. The van der Waals surface area contributed by atoms with Gasteiger partial charge in [0.1, 0.15) is 0 Å². The van der Waals surface area contributed by atoms with Gasteiger partial charge in [-0.3, -0.25) is 0 Å². The molecule has 0 aliphatic rings. The summed E-state index contributed by atoms with van der Waals surface area (Å²) in [4.78, 5) is 0. The molecule has 0 N–H and O–H groups in total. The molecule has 0 spiro atoms. The van der Waals surface area contributed by atoms with Crippen molar-refractivity contribution in [3.63, 3.8) is 0 Å². The van der Waals surface area contributed by atoms with E-state index < -0.39 is 13.8 Å². The average Bonchev–Trinajstić information content (AvgIpc) is 2.89. The predicted octanol–water partition coefficient (Wildman–Crippen LogP) is 8.04. The molecule has 0 aromatic heterocycles. The zero-order chi connectivity index (χ0) is 23.4. The Bertz CT molecular complexity index is 930. The molecule has 33 heavy (non-hydrogen) atoms. The molecule has 0 aliphatic heterocycles. The van der Waals surface area contributed by atoms with E-state index in [0.29, 0.717) is 0 Å². The first-order chi connectivity index (χ1) is 16.2. The largest absolute Gasteiger partial charge is 0.119 e. The maximum atomic E-state index is 4.66. The highest BCUT2D eigenvalue weighted by atomic mass is 31.2. The van der Waals surface area contributed by atoms with Gasteiger partial charge >= 0.3 is 0 Å². The van der Waals surface area contributed by atoms with Crippen molar-refractivity contribution in [2.75, 3.05) is 18.5 Å². The number of benzene rings is 3. The molecule has 176 valence electrons. The van der Waals surface area contributed by atoms with Gasteiger partial charge in [-0.2, -0.15) is 0 Å². The standard InChI is InChI=1S/C31H42P2/c1-4-7-25-32(26-8-5-2,27-9-6-3)28-33(29-19-13-10-14-20-29,30-21-15-11-16-22-30)31-23-17-12-18-24-31/h10-24H,4-9,25-27H2,1-3H3. The molecule has 0 aliphatic carbocycles. The van der Waals surface area contributed by atoms with Crippen molar-refractivity contribution >= 4 is 34.9 Å². The van der Waals surface area contributed by atoms with E-state index in [0.717, 1.165) is 0 Å². The van der Waals surface area contributed by atoms with Gasteiger partial charge in [0.2, 0.25) is 0 Å². The molecule has 0 heterocycles. The Labute approximate surface area is 203 Å². The van der Waals surface area contributed by atoms with Crippen LogP contribution in [0.1, 0.15) is 59.3 Å². The van der Waals surface area contributed by atoms with Crippen molar-refractivity contribution in [1.82, 2.24) is 0 Å². The molecule has 3 aromatic rings. The minimum Gasteiger partial charge on any atom is -0.119 e. The van der Waals surface area contributed by atoms with Crippen LogP contribution in [0, 0.1) is 0 Å². The van der Waals surface area contributed by atoms with E-state index in [1.54, 1.807) is 0 Å². The predicted molar refractivity (Wildman–Crippen MR) is 156 cm³/mol. The second-order valence-electron chi connectivity index (χ2n) is 9.15. The molecule has 0 fully saturated rings. The Balaban J connectivity index is 2.56. The van der Waals surface area contributed by atoms with Crippen molar-refractivity contribution < 1.29 is 0 Å². The summed E-state index contributed by atoms with van der Waals surface area (Å²) in [6.45, 7) is 3.69. The highest BCUT2D eigenvalue weighted by Crippen LogP contribution is 2.54. The van der Waals surface area contributed by atoms with E-state index in [9.17, 15) is 0 Å². The van der Waals surface area contributed by atoms with E-state index in [4.69, 9.17) is 0 Å². The molecule has 0 atom stereocenters. The molecule has 0 amide bonds. The van der Waals surface area contributed by atoms with Crippen LogP contribution in [-0.4, -0.2) is 23.7 Å². The molecule has 3 aromatic carbocycles. The summed E-state index contributed by atoms with van der Waals surface area (Å²) in [5, 5.41) is 9.02. The van der Waals surface area contributed by atoms with Crippen LogP contribution in [-0.2, 0) is 0 Å². The van der Waals surface area contributed by atoms with Crippen LogP contribution < -0.4 is 15.9 Å². The lowest BCUT2D eigenvalue weighted by atomic mass is 10.4. The Kier molecular flexibility index (Phi) is 10.4. The molecule has 3 rings (SSSR count). The highest BCUT2D eigenvalue weighted by Gasteiger charge is 2.27. The summed E-state index contributed by atoms with van der Waals surface area (Å²) >= 11 is 0. The summed E-state index contributed by atoms with van der Waals surface area (Å²) < 4.78 is 0. The second-order valence-corrected chi connectivity index (χ2v) is 16.5. The van der Waals surface area contributed by atoms with Gasteiger partial charge in [0.25, 0.3) is 0 Å². The van der Waals surface area contributed by atoms with Crippen molar-refractivity contribution in [1.29, 1.82) is 0 Å². The third-order valence-corrected chi connectivity index (χ3v) is 16.2. The van der Waals surface area contributed by atoms with E-state index in [-0.39, 0.29) is 0 Å². The van der Waals surface area contributed by atoms with Gasteiger partial charge in [-0.05, 0) is 53.7 Å². The fraction of sp³-hybridized carbons (Fsp3) is 0.387. The summed E-state index contributed by atoms with van der Waals surface area (Å²) in [5.41, 5.74) is 0. The molecule has 0 nitrogen and oxygen atoms in total. The van der Waals surface area contributed by atoms with Crippen molar-refractivity contribution in [3.8, 4) is 0 Å². The first-order valence-electron chi connectivity index (χ1n) is 12.9. The van der Waals surface area contributed by atoms with Crippen LogP contribution in [0.2, 0.25) is 0 Å². The van der Waals surface area contributed by atoms with Gasteiger partial charge in [-0.15, -0.1) is 5.17 Å². The van der Waals surface area contributed by atoms with Crippen LogP contribution in [0.15, 0.2) is 91.0 Å². The topological polar surface area (TPSA) is 0 Å². The minimum absolute atomic E-state index is 1.27. The molecule has 2 heteroatoms. The fourth-order valence-corrected chi connectivity index (χ4v) is 16.1. The lowest BCUT2D eigenvalue weighted by Gasteiger charge is -2.31. The van der Waals surface area contributed by atoms with Crippen LogP contribution in [0.3, 0.4) is 0 Å². The number of hydrogen-bond acceptors (Lipinski definition) is 0. The first kappa shape index (κ1) is 25.9. The van der Waals surface area contributed by atoms with Gasteiger partial charge in [-0.1, -0.05) is 138 Å². The molecule has 0 saturated carbocycles. The fourth-order valence-electron chi connectivity index (χ4n) is 4.76. The second kappa shape index (κ2) is 13.3. The Hall–Kier alpha value is -1.70. The third kappa shape index (κ3) is 6.46. The number of unbranched alkanes of at least 4 members (excludes halogenated alkanes) is 3. The normalized spacial score (nSPS) is 11.8. The van der Waals surface area contributed by atoms with Gasteiger partial charge < -0.3 is 0 Å². The SMILES string of the molecule is CCCCP(=C=P(c1ccccc1)(c1ccccc1)c1ccccc1)(CCCC)CCCC. The molecular weight excluding hydrogens is 434 g/mol. The van der Waals surface area contributed by atoms with Crippen molar-refractivity contribution in [2.24, 2.45) is 0 Å². The molecule has 0 bridgehead atoms. The summed E-state index contributed by atoms with van der Waals surface area (Å²) in [6, 6.07) is 34.0. The smallest absolute Gasteiger partial charge is 0.0164 e. The quantitative estimate of drug-likeness (QED) is 0.232. The Morgan fingerprint density at radius 1 is 0.485 bits per heavy atom. The number of hydrogen-bond donors (Lipinski definition) is 0. The highest BCUT2D eigenvalue weighted by molar-refractivity contribution is 8.00. The monoisotopic (exact) mass is 476 g/mol. The van der Waals surface area contributed by atoms with E-state index >= 15 is 0 Å². The lowest BCUT2D eigenvalue weighted by Crippen LogP contribution is -2.26. The lowest BCUT2D eigenvalue weighted by molar-refractivity contribution is 0.845. The third-order valence-electron chi connectivity index (χ3n) is 6.61. The molecule has 0 radical (unpaired) electrons. The Morgan fingerprint density at radius 3 is 1.06 bits per heavy atom. The van der Waals surface area contributed by atoms with Crippen LogP contribution in [0.5, 0.6) is 0 Å². The van der Waals surface area contributed by atoms with E-state index in [2.05, 4.69) is 117 Å². The zero-order valence-corrected chi connectivity index (χ0v) is 22.7. The maximum absolute atomic E-state index is 4.66. The minimum atomic E-state index is -2.00. The summed E-state index contributed by atoms with van der Waals surface area (Å²) in [6.07, 6.45) is 11.9. The summed E-state index contributed by atoms with van der Waals surface area (Å²) in [7, 11) is 0. The average molecular weight is 477 g/mol. The van der Waals surface area contributed by atoms with Gasteiger partial charge in [-0.25, -0.2) is 0 Å². The first-order valence-corrected chi connectivity index (χ1v) is 17.1. The van der Waals surface area contributed by atoms with Gasteiger partial charge in [0, 0.05) is 6.89 Å². The molecular formula is C31H42P2. The van der Waals surface area contributed by atoms with Crippen LogP contribution in [0.4, 0.5) is 0 Å². The van der Waals surface area contributed by atoms with Gasteiger partial charge in [0.15, 0.2) is 0 Å². The zero-order valence-electron chi connectivity index (χ0n) is 20.9. The molecule has 0 saturated heterocycles. The van der Waals surface area contributed by atoms with Crippen molar-refractivity contribution in [3.05, 3.63) is 91.0 Å². The van der Waals surface area contributed by atoms with Crippen LogP contribution in [0.25, 0.3) is 0 Å². The van der Waals surface area contributed by atoms with E-state index in [1.807, 2.05) is 0 Å². The van der Waals surface area contributed by atoms with Crippen LogP contribution >= 0.6 is 13.8 Å². The number of rotatable bonds is 12. The Morgan fingerprint density at radius 2 is 0.788 bits per heavy atom. The van der Waals surface area contributed by atoms with E-state index in [1.165, 1.54) is 72.9 Å².